The van der Waals surface area contributed by atoms with Crippen LogP contribution in [-0.2, 0) is 13.0 Å². The Balaban J connectivity index is 1.53. The number of hydrogen-bond acceptors (Lipinski definition) is 4. The number of pyridine rings is 1. The molecule has 0 radical (unpaired) electrons. The van der Waals surface area contributed by atoms with Crippen molar-refractivity contribution >= 4 is 5.91 Å². The van der Waals surface area contributed by atoms with Gasteiger partial charge in [0.05, 0.1) is 17.9 Å². The number of alkyl halides is 2. The highest BCUT2D eigenvalue weighted by atomic mass is 19.3. The highest BCUT2D eigenvalue weighted by Gasteiger charge is 2.25. The first-order chi connectivity index (χ1) is 13.1. The molecule has 138 valence electrons. The third-order valence-electron chi connectivity index (χ3n) is 4.36. The summed E-state index contributed by atoms with van der Waals surface area (Å²) in [4.78, 5) is 26.4. The van der Waals surface area contributed by atoms with Crippen molar-refractivity contribution in [3.05, 3.63) is 65.7 Å². The Morgan fingerprint density at radius 1 is 1.26 bits per heavy atom. The number of aromatic nitrogens is 3. The van der Waals surface area contributed by atoms with Crippen LogP contribution in [0.15, 0.2) is 48.8 Å². The number of carbonyl (C=O) groups excluding carboxylic acids is 1. The molecule has 0 aliphatic carbocycles. The highest BCUT2D eigenvalue weighted by molar-refractivity contribution is 5.94. The second kappa shape index (κ2) is 7.14. The van der Waals surface area contributed by atoms with E-state index in [1.165, 1.54) is 18.2 Å². The fourth-order valence-electron chi connectivity index (χ4n) is 3.09. The number of imidazole rings is 1. The number of nitrogens with zero attached hydrogens (tertiary/aromatic N) is 3. The number of rotatable bonds is 4. The molecule has 0 fully saturated rings. The average Bonchev–Trinajstić information content (AvgIpc) is 3.11. The molecule has 6 nitrogen and oxygen atoms in total. The number of halogens is 2. The van der Waals surface area contributed by atoms with E-state index in [1.807, 2.05) is 12.1 Å². The Morgan fingerprint density at radius 2 is 2.15 bits per heavy atom. The van der Waals surface area contributed by atoms with E-state index in [9.17, 15) is 13.6 Å². The van der Waals surface area contributed by atoms with Crippen molar-refractivity contribution in [1.29, 1.82) is 0 Å². The third-order valence-corrected chi connectivity index (χ3v) is 4.36. The van der Waals surface area contributed by atoms with E-state index in [0.717, 1.165) is 22.8 Å². The van der Waals surface area contributed by atoms with Gasteiger partial charge in [-0.1, -0.05) is 6.07 Å². The number of carbonyl (C=O) groups is 1. The molecular formula is C19H16F2N4O2. The van der Waals surface area contributed by atoms with Crippen molar-refractivity contribution in [3.63, 3.8) is 0 Å². The minimum Gasteiger partial charge on any atom is -0.435 e. The van der Waals surface area contributed by atoms with Gasteiger partial charge in [-0.05, 0) is 30.3 Å². The van der Waals surface area contributed by atoms with E-state index in [2.05, 4.69) is 19.7 Å². The zero-order chi connectivity index (χ0) is 18.8. The van der Waals surface area contributed by atoms with Gasteiger partial charge < -0.3 is 14.6 Å². The van der Waals surface area contributed by atoms with E-state index >= 15 is 0 Å². The molecule has 1 aromatic carbocycles. The maximum Gasteiger partial charge on any atom is 0.387 e. The fraction of sp³-hybridized carbons (Fsp3) is 0.211. The molecule has 0 saturated heterocycles. The number of fused-ring (bicyclic) bond motifs is 1. The highest BCUT2D eigenvalue weighted by Crippen LogP contribution is 2.24. The number of benzene rings is 1. The standard InChI is InChI=1S/C19H16F2N4O2/c20-19(21)27-14-5-1-3-12(9-14)18(26)25-8-6-15-16(11-25)24-17(23-15)13-4-2-7-22-10-13/h1-5,7,9-10,19H,6,8,11H2,(H,23,24). The Morgan fingerprint density at radius 3 is 2.93 bits per heavy atom. The minimum atomic E-state index is -2.93. The van der Waals surface area contributed by atoms with Gasteiger partial charge in [-0.2, -0.15) is 8.78 Å². The van der Waals surface area contributed by atoms with Gasteiger partial charge in [0.25, 0.3) is 5.91 Å². The molecule has 2 aromatic heterocycles. The maximum absolute atomic E-state index is 12.8. The van der Waals surface area contributed by atoms with Crippen LogP contribution in [0.2, 0.25) is 0 Å². The van der Waals surface area contributed by atoms with Gasteiger partial charge in [0.1, 0.15) is 11.6 Å². The van der Waals surface area contributed by atoms with Crippen LogP contribution in [0.4, 0.5) is 8.78 Å². The van der Waals surface area contributed by atoms with E-state index in [-0.39, 0.29) is 11.7 Å². The zero-order valence-electron chi connectivity index (χ0n) is 14.2. The van der Waals surface area contributed by atoms with E-state index in [4.69, 9.17) is 0 Å². The third kappa shape index (κ3) is 3.64. The molecule has 0 saturated carbocycles. The van der Waals surface area contributed by atoms with Crippen LogP contribution in [-0.4, -0.2) is 38.9 Å². The number of ether oxygens (including phenoxy) is 1. The summed E-state index contributed by atoms with van der Waals surface area (Å²) < 4.78 is 29.1. The van der Waals surface area contributed by atoms with Crippen LogP contribution in [0.25, 0.3) is 11.4 Å². The Labute approximate surface area is 153 Å². The molecule has 8 heteroatoms. The van der Waals surface area contributed by atoms with Gasteiger partial charge in [0.2, 0.25) is 0 Å². The average molecular weight is 370 g/mol. The van der Waals surface area contributed by atoms with Gasteiger partial charge in [0.15, 0.2) is 0 Å². The summed E-state index contributed by atoms with van der Waals surface area (Å²) in [5.74, 6) is 0.446. The first kappa shape index (κ1) is 17.1. The maximum atomic E-state index is 12.8. The summed E-state index contributed by atoms with van der Waals surface area (Å²) in [7, 11) is 0. The van der Waals surface area contributed by atoms with Gasteiger partial charge in [0, 0.05) is 36.5 Å². The molecule has 3 aromatic rings. The molecule has 0 atom stereocenters. The quantitative estimate of drug-likeness (QED) is 0.765. The van der Waals surface area contributed by atoms with Crippen LogP contribution in [0, 0.1) is 0 Å². The summed E-state index contributed by atoms with van der Waals surface area (Å²) in [5.41, 5.74) is 2.98. The lowest BCUT2D eigenvalue weighted by atomic mass is 10.1. The summed E-state index contributed by atoms with van der Waals surface area (Å²) >= 11 is 0. The number of amides is 1. The Kier molecular flexibility index (Phi) is 4.53. The largest absolute Gasteiger partial charge is 0.435 e. The predicted molar refractivity (Wildman–Crippen MR) is 93.3 cm³/mol. The predicted octanol–water partition coefficient (Wildman–Crippen LogP) is 3.27. The molecule has 0 bridgehead atoms. The molecular weight excluding hydrogens is 354 g/mol. The smallest absolute Gasteiger partial charge is 0.387 e. The monoisotopic (exact) mass is 370 g/mol. The second-order valence-corrected chi connectivity index (χ2v) is 6.14. The zero-order valence-corrected chi connectivity index (χ0v) is 14.2. The van der Waals surface area contributed by atoms with Gasteiger partial charge in [-0.25, -0.2) is 4.98 Å². The van der Waals surface area contributed by atoms with E-state index < -0.39 is 6.61 Å². The topological polar surface area (TPSA) is 71.1 Å². The van der Waals surface area contributed by atoms with E-state index in [0.29, 0.717) is 25.1 Å². The molecule has 27 heavy (non-hydrogen) atoms. The molecule has 0 unspecified atom stereocenters. The lowest BCUT2D eigenvalue weighted by Gasteiger charge is -2.26. The molecule has 1 aliphatic rings. The minimum absolute atomic E-state index is 0.0334. The number of nitrogens with one attached hydrogen (secondary N) is 1. The molecule has 1 amide bonds. The lowest BCUT2D eigenvalue weighted by Crippen LogP contribution is -2.36. The molecule has 0 spiro atoms. The van der Waals surface area contributed by atoms with Crippen LogP contribution >= 0.6 is 0 Å². The number of aromatic amines is 1. The summed E-state index contributed by atoms with van der Waals surface area (Å²) in [5, 5.41) is 0. The second-order valence-electron chi connectivity index (χ2n) is 6.14. The summed E-state index contributed by atoms with van der Waals surface area (Å²) in [6.07, 6.45) is 4.03. The van der Waals surface area contributed by atoms with Gasteiger partial charge in [-0.3, -0.25) is 9.78 Å². The van der Waals surface area contributed by atoms with Crippen molar-refractivity contribution in [2.24, 2.45) is 0 Å². The summed E-state index contributed by atoms with van der Waals surface area (Å²) in [6.45, 7) is -2.05. The molecule has 3 heterocycles. The van der Waals surface area contributed by atoms with Crippen LogP contribution < -0.4 is 4.74 Å². The molecule has 1 N–H and O–H groups in total. The molecule has 4 rings (SSSR count). The fourth-order valence-corrected chi connectivity index (χ4v) is 3.09. The SMILES string of the molecule is O=C(c1cccc(OC(F)F)c1)N1CCc2nc(-c3cccnc3)[nH]c2C1. The van der Waals surface area contributed by atoms with Crippen LogP contribution in [0.3, 0.4) is 0 Å². The van der Waals surface area contributed by atoms with Crippen molar-refractivity contribution < 1.29 is 18.3 Å². The van der Waals surface area contributed by atoms with Crippen LogP contribution in [0.5, 0.6) is 5.75 Å². The van der Waals surface area contributed by atoms with Crippen molar-refractivity contribution in [2.75, 3.05) is 6.54 Å². The number of H-pyrrole nitrogens is 1. The van der Waals surface area contributed by atoms with Crippen molar-refractivity contribution in [3.8, 4) is 17.1 Å². The van der Waals surface area contributed by atoms with Crippen molar-refractivity contribution in [2.45, 2.75) is 19.6 Å². The van der Waals surface area contributed by atoms with Gasteiger partial charge >= 0.3 is 6.61 Å². The Hall–Kier alpha value is -3.29. The normalized spacial score (nSPS) is 13.5. The number of hydrogen-bond donors (Lipinski definition) is 1. The first-order valence-corrected chi connectivity index (χ1v) is 8.42. The lowest BCUT2D eigenvalue weighted by molar-refractivity contribution is -0.0499. The van der Waals surface area contributed by atoms with Crippen LogP contribution in [0.1, 0.15) is 21.7 Å². The summed E-state index contributed by atoms with van der Waals surface area (Å²) in [6, 6.07) is 9.58. The van der Waals surface area contributed by atoms with Gasteiger partial charge in [-0.15, -0.1) is 0 Å². The molecule has 1 aliphatic heterocycles. The first-order valence-electron chi connectivity index (χ1n) is 8.42. The van der Waals surface area contributed by atoms with Crippen molar-refractivity contribution in [1.82, 2.24) is 19.9 Å². The van der Waals surface area contributed by atoms with E-state index in [1.54, 1.807) is 23.4 Å². The Bertz CT molecular complexity index is 959.